The van der Waals surface area contributed by atoms with Crippen molar-refractivity contribution in [1.29, 1.82) is 0 Å². The zero-order valence-corrected chi connectivity index (χ0v) is 11.2. The molecule has 0 saturated heterocycles. The molecule has 0 amide bonds. The molecule has 0 spiro atoms. The van der Waals surface area contributed by atoms with Crippen LogP contribution in [0.1, 0.15) is 63.9 Å². The Kier molecular flexibility index (Phi) is 3.06. The Balaban J connectivity index is 2.27. The van der Waals surface area contributed by atoms with E-state index in [1.807, 2.05) is 0 Å². The first-order valence-corrected chi connectivity index (χ1v) is 6.50. The highest BCUT2D eigenvalue weighted by molar-refractivity contribution is 5.39. The Labute approximate surface area is 103 Å². The first-order valence-electron chi connectivity index (χ1n) is 6.50. The van der Waals surface area contributed by atoms with Crippen molar-refractivity contribution < 1.29 is 0 Å². The van der Waals surface area contributed by atoms with Gasteiger partial charge in [-0.2, -0.15) is 0 Å². The summed E-state index contributed by atoms with van der Waals surface area (Å²) in [4.78, 5) is 4.69. The first kappa shape index (κ1) is 12.3. The quantitative estimate of drug-likeness (QED) is 0.775. The molecule has 1 aromatic rings. The van der Waals surface area contributed by atoms with Crippen molar-refractivity contribution in [2.24, 2.45) is 5.41 Å². The maximum absolute atomic E-state index is 6.05. The van der Waals surface area contributed by atoms with Gasteiger partial charge >= 0.3 is 0 Å². The fourth-order valence-electron chi connectivity index (χ4n) is 2.62. The molecular weight excluding hydrogens is 212 g/mol. The average molecular weight is 236 g/mol. The minimum atomic E-state index is 0.190. The molecule has 17 heavy (non-hydrogen) atoms. The molecular formula is C13H24N4. The first-order chi connectivity index (χ1) is 7.88. The summed E-state index contributed by atoms with van der Waals surface area (Å²) in [5.41, 5.74) is 7.20. The molecule has 1 fully saturated rings. The third-order valence-corrected chi connectivity index (χ3v) is 3.47. The lowest BCUT2D eigenvalue weighted by molar-refractivity contribution is 0.407. The van der Waals surface area contributed by atoms with Crippen LogP contribution < -0.4 is 11.6 Å². The third-order valence-electron chi connectivity index (χ3n) is 3.47. The van der Waals surface area contributed by atoms with Crippen molar-refractivity contribution in [3.63, 3.8) is 0 Å². The van der Waals surface area contributed by atoms with Gasteiger partial charge in [0, 0.05) is 5.92 Å². The fourth-order valence-corrected chi connectivity index (χ4v) is 2.62. The lowest BCUT2D eigenvalue weighted by Gasteiger charge is -2.16. The summed E-state index contributed by atoms with van der Waals surface area (Å²) in [6.07, 6.45) is 5.84. The number of anilines is 1. The van der Waals surface area contributed by atoms with E-state index in [1.165, 1.54) is 25.7 Å². The van der Waals surface area contributed by atoms with Gasteiger partial charge in [0.15, 0.2) is 0 Å². The summed E-state index contributed by atoms with van der Waals surface area (Å²) in [5.74, 6) is 8.17. The van der Waals surface area contributed by atoms with Crippen LogP contribution >= 0.6 is 0 Å². The van der Waals surface area contributed by atoms with Crippen molar-refractivity contribution in [3.8, 4) is 0 Å². The van der Waals surface area contributed by atoms with Gasteiger partial charge in [-0.25, -0.2) is 9.66 Å². The topological polar surface area (TPSA) is 69.9 Å². The summed E-state index contributed by atoms with van der Waals surface area (Å²) in [6.45, 7) is 6.58. The van der Waals surface area contributed by atoms with Gasteiger partial charge < -0.3 is 11.6 Å². The molecule has 4 heteroatoms. The lowest BCUT2D eigenvalue weighted by atomic mass is 9.90. The molecule has 2 rings (SSSR count). The van der Waals surface area contributed by atoms with Gasteiger partial charge in [0.2, 0.25) is 0 Å². The molecule has 96 valence electrons. The number of hydrogen-bond acceptors (Lipinski definition) is 3. The number of imidazole rings is 1. The van der Waals surface area contributed by atoms with Gasteiger partial charge in [-0.05, 0) is 24.7 Å². The minimum Gasteiger partial charge on any atom is -0.382 e. The van der Waals surface area contributed by atoms with E-state index in [-0.39, 0.29) is 5.41 Å². The van der Waals surface area contributed by atoms with Gasteiger partial charge in [0.1, 0.15) is 11.6 Å². The number of nitrogen functional groups attached to an aromatic ring is 2. The largest absolute Gasteiger partial charge is 0.382 e. The van der Waals surface area contributed by atoms with Crippen LogP contribution in [0.3, 0.4) is 0 Å². The molecule has 0 atom stereocenters. The van der Waals surface area contributed by atoms with Crippen LogP contribution in [0.4, 0.5) is 5.82 Å². The van der Waals surface area contributed by atoms with Crippen LogP contribution in [0.2, 0.25) is 0 Å². The molecule has 1 aromatic heterocycles. The number of nitrogens with two attached hydrogens (primary N) is 2. The lowest BCUT2D eigenvalue weighted by Crippen LogP contribution is -2.17. The van der Waals surface area contributed by atoms with Gasteiger partial charge in [0.25, 0.3) is 0 Å². The highest BCUT2D eigenvalue weighted by Gasteiger charge is 2.26. The summed E-state index contributed by atoms with van der Waals surface area (Å²) in [7, 11) is 0. The number of nitrogens with zero attached hydrogens (tertiary/aromatic N) is 2. The van der Waals surface area contributed by atoms with Crippen molar-refractivity contribution >= 4 is 5.82 Å². The summed E-state index contributed by atoms with van der Waals surface area (Å²) in [5, 5.41) is 0. The molecule has 0 aliphatic heterocycles. The standard InChI is InChI=1S/C13H24N4/c1-13(2,3)8-10-11(14)17(15)12(16-10)9-6-4-5-7-9/h9H,4-8,14-15H2,1-3H3. The Hall–Kier alpha value is -1.19. The molecule has 0 unspecified atom stereocenters. The predicted octanol–water partition coefficient (Wildman–Crippen LogP) is 2.43. The van der Waals surface area contributed by atoms with E-state index in [9.17, 15) is 0 Å². The molecule has 1 aliphatic rings. The summed E-state index contributed by atoms with van der Waals surface area (Å²) in [6, 6.07) is 0. The molecule has 1 saturated carbocycles. The highest BCUT2D eigenvalue weighted by Crippen LogP contribution is 2.35. The molecule has 4 nitrogen and oxygen atoms in total. The van der Waals surface area contributed by atoms with Crippen molar-refractivity contribution in [1.82, 2.24) is 9.66 Å². The number of hydrogen-bond donors (Lipinski definition) is 2. The molecule has 0 bridgehead atoms. The van der Waals surface area contributed by atoms with Crippen LogP contribution in [-0.4, -0.2) is 9.66 Å². The van der Waals surface area contributed by atoms with E-state index in [0.717, 1.165) is 17.9 Å². The van der Waals surface area contributed by atoms with Crippen LogP contribution in [0.15, 0.2) is 0 Å². The summed E-state index contributed by atoms with van der Waals surface area (Å²) >= 11 is 0. The Morgan fingerprint density at radius 2 is 1.88 bits per heavy atom. The molecule has 0 radical (unpaired) electrons. The van der Waals surface area contributed by atoms with Gasteiger partial charge in [0.05, 0.1) is 5.69 Å². The second-order valence-corrected chi connectivity index (χ2v) is 6.39. The monoisotopic (exact) mass is 236 g/mol. The smallest absolute Gasteiger partial charge is 0.146 e. The van der Waals surface area contributed by atoms with Crippen LogP contribution in [0.25, 0.3) is 0 Å². The van der Waals surface area contributed by atoms with E-state index in [2.05, 4.69) is 25.8 Å². The van der Waals surface area contributed by atoms with E-state index in [4.69, 9.17) is 11.6 Å². The SMILES string of the molecule is CC(C)(C)Cc1nc(C2CCCC2)n(N)c1N. The van der Waals surface area contributed by atoms with E-state index in [1.54, 1.807) is 4.68 Å². The molecule has 1 aliphatic carbocycles. The number of aromatic nitrogens is 2. The van der Waals surface area contributed by atoms with Crippen LogP contribution in [-0.2, 0) is 6.42 Å². The normalized spacial score (nSPS) is 17.8. The zero-order chi connectivity index (χ0) is 12.6. The predicted molar refractivity (Wildman–Crippen MR) is 71.2 cm³/mol. The number of rotatable bonds is 2. The molecule has 0 aromatic carbocycles. The Morgan fingerprint density at radius 3 is 2.41 bits per heavy atom. The third kappa shape index (κ3) is 2.56. The fraction of sp³-hybridized carbons (Fsp3) is 0.769. The van der Waals surface area contributed by atoms with Crippen LogP contribution in [0.5, 0.6) is 0 Å². The van der Waals surface area contributed by atoms with E-state index < -0.39 is 0 Å². The van der Waals surface area contributed by atoms with Gasteiger partial charge in [-0.1, -0.05) is 33.6 Å². The van der Waals surface area contributed by atoms with E-state index in [0.29, 0.717) is 11.7 Å². The molecule has 4 N–H and O–H groups in total. The second kappa shape index (κ2) is 4.24. The van der Waals surface area contributed by atoms with Crippen molar-refractivity contribution in [3.05, 3.63) is 11.5 Å². The highest BCUT2D eigenvalue weighted by atomic mass is 15.4. The maximum Gasteiger partial charge on any atom is 0.146 e. The molecule has 1 heterocycles. The Bertz CT molecular complexity index is 394. The van der Waals surface area contributed by atoms with E-state index >= 15 is 0 Å². The summed E-state index contributed by atoms with van der Waals surface area (Å²) < 4.78 is 1.61. The maximum atomic E-state index is 6.05. The Morgan fingerprint density at radius 1 is 1.29 bits per heavy atom. The van der Waals surface area contributed by atoms with Crippen molar-refractivity contribution in [2.75, 3.05) is 11.6 Å². The van der Waals surface area contributed by atoms with Gasteiger partial charge in [-0.3, -0.25) is 0 Å². The van der Waals surface area contributed by atoms with Crippen LogP contribution in [0, 0.1) is 5.41 Å². The minimum absolute atomic E-state index is 0.190. The van der Waals surface area contributed by atoms with Crippen molar-refractivity contribution in [2.45, 2.75) is 58.8 Å². The van der Waals surface area contributed by atoms with Gasteiger partial charge in [-0.15, -0.1) is 0 Å². The second-order valence-electron chi connectivity index (χ2n) is 6.39. The zero-order valence-electron chi connectivity index (χ0n) is 11.2. The average Bonchev–Trinajstić information content (AvgIpc) is 2.80.